The Morgan fingerprint density at radius 2 is 1.46 bits per heavy atom. The second-order valence-electron chi connectivity index (χ2n) is 11.8. The van der Waals surface area contributed by atoms with Crippen LogP contribution in [0.2, 0.25) is 0 Å². The Hall–Kier alpha value is -0.120. The average molecular weight is 363 g/mol. The van der Waals surface area contributed by atoms with Crippen molar-refractivity contribution in [3.63, 3.8) is 0 Å². The van der Waals surface area contributed by atoms with E-state index in [0.29, 0.717) is 24.2 Å². The molecule has 0 unspecified atom stereocenters. The molecule has 5 fully saturated rings. The van der Waals surface area contributed by atoms with Crippen LogP contribution in [0.15, 0.2) is 0 Å². The lowest BCUT2D eigenvalue weighted by atomic mass is 9.41. The minimum atomic E-state index is -0.724. The summed E-state index contributed by atoms with van der Waals surface area (Å²) < 4.78 is 0. The maximum Gasteiger partial charge on any atom is 0.0753 e. The van der Waals surface area contributed by atoms with E-state index in [2.05, 4.69) is 27.7 Å². The molecule has 0 aliphatic heterocycles. The van der Waals surface area contributed by atoms with Crippen molar-refractivity contribution in [2.24, 2.45) is 39.9 Å². The molecule has 0 amide bonds. The van der Waals surface area contributed by atoms with E-state index >= 15 is 0 Å². The maximum atomic E-state index is 11.7. The van der Waals surface area contributed by atoms with Gasteiger partial charge in [-0.1, -0.05) is 20.8 Å². The van der Waals surface area contributed by atoms with Gasteiger partial charge >= 0.3 is 0 Å². The van der Waals surface area contributed by atoms with Crippen molar-refractivity contribution >= 4 is 0 Å². The molecule has 5 aliphatic rings. The van der Waals surface area contributed by atoms with E-state index in [9.17, 15) is 15.3 Å². The molecular formula is C23H38O3. The second-order valence-corrected chi connectivity index (χ2v) is 11.8. The lowest BCUT2D eigenvalue weighted by molar-refractivity contribution is -0.249. The summed E-state index contributed by atoms with van der Waals surface area (Å²) in [7, 11) is 0. The van der Waals surface area contributed by atoms with E-state index in [1.165, 1.54) is 19.3 Å². The van der Waals surface area contributed by atoms with Gasteiger partial charge in [0.15, 0.2) is 0 Å². The summed E-state index contributed by atoms with van der Waals surface area (Å²) in [4.78, 5) is 0. The summed E-state index contributed by atoms with van der Waals surface area (Å²) in [5.41, 5.74) is -1.12. The third-order valence-electron chi connectivity index (χ3n) is 11.2. The van der Waals surface area contributed by atoms with Crippen molar-refractivity contribution in [2.75, 3.05) is 0 Å². The molecule has 0 heterocycles. The van der Waals surface area contributed by atoms with Crippen molar-refractivity contribution in [2.45, 2.75) is 103 Å². The Labute approximate surface area is 158 Å². The molecule has 148 valence electrons. The molecule has 5 aliphatic carbocycles. The van der Waals surface area contributed by atoms with E-state index in [4.69, 9.17) is 0 Å². The highest BCUT2D eigenvalue weighted by atomic mass is 16.3. The van der Waals surface area contributed by atoms with E-state index < -0.39 is 11.2 Å². The van der Waals surface area contributed by atoms with Gasteiger partial charge in [-0.25, -0.2) is 0 Å². The van der Waals surface area contributed by atoms with Crippen LogP contribution in [-0.4, -0.2) is 32.6 Å². The molecule has 5 saturated carbocycles. The molecule has 1 spiro atoms. The highest BCUT2D eigenvalue weighted by Gasteiger charge is 2.75. The lowest BCUT2D eigenvalue weighted by Crippen LogP contribution is -2.66. The van der Waals surface area contributed by atoms with Crippen LogP contribution in [0.5, 0.6) is 0 Å². The first kappa shape index (κ1) is 17.9. The van der Waals surface area contributed by atoms with Gasteiger partial charge in [0, 0.05) is 6.42 Å². The van der Waals surface area contributed by atoms with Crippen LogP contribution in [0.1, 0.15) is 85.5 Å². The molecule has 0 saturated heterocycles. The van der Waals surface area contributed by atoms with Crippen molar-refractivity contribution in [3.8, 4) is 0 Å². The van der Waals surface area contributed by atoms with Gasteiger partial charge in [-0.15, -0.1) is 0 Å². The molecule has 5 rings (SSSR count). The highest BCUT2D eigenvalue weighted by molar-refractivity contribution is 5.25. The fourth-order valence-electron chi connectivity index (χ4n) is 9.03. The van der Waals surface area contributed by atoms with Gasteiger partial charge in [0.2, 0.25) is 0 Å². The fourth-order valence-corrected chi connectivity index (χ4v) is 9.03. The molecule has 0 aromatic heterocycles. The van der Waals surface area contributed by atoms with Gasteiger partial charge in [0.25, 0.3) is 0 Å². The predicted octanol–water partition coefficient (Wildman–Crippen LogP) is 3.89. The number of aliphatic hydroxyl groups is 3. The summed E-state index contributed by atoms with van der Waals surface area (Å²) in [6, 6.07) is 0. The highest BCUT2D eigenvalue weighted by Crippen LogP contribution is 2.78. The molecule has 0 aromatic rings. The SMILES string of the molecule is C[C@H]1C[C@H]2[C@@H]3CC4(CC4)[C@](C)(O)[C@@]3(C)CC[C@@H]2[C@@]2(C)CC[C@@H](O)C[C@]12O. The first-order chi connectivity index (χ1) is 12.0. The van der Waals surface area contributed by atoms with Crippen LogP contribution in [0, 0.1) is 39.9 Å². The Kier molecular flexibility index (Phi) is 3.37. The molecule has 3 nitrogen and oxygen atoms in total. The molecule has 3 heteroatoms. The smallest absolute Gasteiger partial charge is 0.0753 e. The zero-order chi connectivity index (χ0) is 18.8. The topological polar surface area (TPSA) is 60.7 Å². The average Bonchev–Trinajstić information content (AvgIpc) is 3.32. The van der Waals surface area contributed by atoms with Crippen molar-refractivity contribution in [1.29, 1.82) is 0 Å². The second kappa shape index (κ2) is 4.89. The van der Waals surface area contributed by atoms with Gasteiger partial charge in [0.1, 0.15) is 0 Å². The largest absolute Gasteiger partial charge is 0.393 e. The monoisotopic (exact) mass is 362 g/mol. The normalized spacial score (nSPS) is 63.1. The fraction of sp³-hybridized carbons (Fsp3) is 1.00. The van der Waals surface area contributed by atoms with Crippen LogP contribution in [0.25, 0.3) is 0 Å². The minimum absolute atomic E-state index is 0.0321. The Bertz CT molecular complexity index is 625. The van der Waals surface area contributed by atoms with E-state index in [1.54, 1.807) is 0 Å². The zero-order valence-electron chi connectivity index (χ0n) is 17.1. The van der Waals surface area contributed by atoms with Crippen molar-refractivity contribution in [3.05, 3.63) is 0 Å². The number of hydrogen-bond donors (Lipinski definition) is 3. The molecule has 0 radical (unpaired) electrons. The van der Waals surface area contributed by atoms with E-state index in [-0.39, 0.29) is 28.3 Å². The predicted molar refractivity (Wildman–Crippen MR) is 101 cm³/mol. The van der Waals surface area contributed by atoms with Gasteiger partial charge in [-0.3, -0.25) is 0 Å². The quantitative estimate of drug-likeness (QED) is 0.613. The standard InChI is InChI=1S/C23H38O3/c1-14-11-16-17(20(3)7-5-15(24)12-23(14,20)26)6-8-19(2)18(16)13-22(9-10-22)21(19,4)25/h14-18,24-26H,5-13H2,1-4H3/t14-,15+,16+,17-,18-,19-,20+,21+,23-/m0/s1. The van der Waals surface area contributed by atoms with Crippen LogP contribution >= 0.6 is 0 Å². The molecule has 0 bridgehead atoms. The Morgan fingerprint density at radius 1 is 0.808 bits per heavy atom. The number of fused-ring (bicyclic) bond motifs is 5. The van der Waals surface area contributed by atoms with Crippen molar-refractivity contribution in [1.82, 2.24) is 0 Å². The van der Waals surface area contributed by atoms with Crippen LogP contribution in [0.4, 0.5) is 0 Å². The molecule has 0 aromatic carbocycles. The number of hydrogen-bond acceptors (Lipinski definition) is 3. The molecule has 9 atom stereocenters. The molecule has 3 N–H and O–H groups in total. The van der Waals surface area contributed by atoms with Gasteiger partial charge < -0.3 is 15.3 Å². The first-order valence-corrected chi connectivity index (χ1v) is 11.1. The summed E-state index contributed by atoms with van der Waals surface area (Å²) in [6.07, 6.45) is 8.87. The van der Waals surface area contributed by atoms with Crippen molar-refractivity contribution < 1.29 is 15.3 Å². The summed E-state index contributed by atoms with van der Waals surface area (Å²) in [5, 5.41) is 33.6. The lowest BCUT2D eigenvalue weighted by Gasteiger charge is -2.66. The Balaban J connectivity index is 1.55. The van der Waals surface area contributed by atoms with E-state index in [0.717, 1.165) is 32.1 Å². The van der Waals surface area contributed by atoms with E-state index in [1.807, 2.05) is 0 Å². The van der Waals surface area contributed by atoms with Crippen LogP contribution in [-0.2, 0) is 0 Å². The molecular weight excluding hydrogens is 324 g/mol. The third kappa shape index (κ3) is 1.78. The third-order valence-corrected chi connectivity index (χ3v) is 11.2. The summed E-state index contributed by atoms with van der Waals surface area (Å²) >= 11 is 0. The van der Waals surface area contributed by atoms with Crippen LogP contribution < -0.4 is 0 Å². The van der Waals surface area contributed by atoms with Gasteiger partial charge in [-0.05, 0) is 98.2 Å². The van der Waals surface area contributed by atoms with Crippen LogP contribution in [0.3, 0.4) is 0 Å². The zero-order valence-corrected chi connectivity index (χ0v) is 17.1. The number of rotatable bonds is 0. The minimum Gasteiger partial charge on any atom is -0.393 e. The van der Waals surface area contributed by atoms with Gasteiger partial charge in [-0.2, -0.15) is 0 Å². The summed E-state index contributed by atoms with van der Waals surface area (Å²) in [6.45, 7) is 9.06. The first-order valence-electron chi connectivity index (χ1n) is 11.1. The molecule has 26 heavy (non-hydrogen) atoms. The summed E-state index contributed by atoms with van der Waals surface area (Å²) in [5.74, 6) is 1.98. The Morgan fingerprint density at radius 3 is 2.12 bits per heavy atom. The van der Waals surface area contributed by atoms with Gasteiger partial charge in [0.05, 0.1) is 17.3 Å². The maximum absolute atomic E-state index is 11.7. The number of aliphatic hydroxyl groups excluding tert-OH is 1.